The van der Waals surface area contributed by atoms with Crippen molar-refractivity contribution in [1.82, 2.24) is 4.90 Å². The minimum absolute atomic E-state index is 0.196. The summed E-state index contributed by atoms with van der Waals surface area (Å²) in [6, 6.07) is 22.7. The molecule has 1 atom stereocenters. The first-order chi connectivity index (χ1) is 13.6. The van der Waals surface area contributed by atoms with Crippen LogP contribution in [0.5, 0.6) is 5.75 Å². The van der Waals surface area contributed by atoms with Crippen LogP contribution in [0, 0.1) is 5.82 Å². The van der Waals surface area contributed by atoms with Crippen molar-refractivity contribution < 1.29 is 13.9 Å². The molecule has 0 aliphatic rings. The van der Waals surface area contributed by atoms with Gasteiger partial charge in [-0.05, 0) is 30.8 Å². The molecule has 3 aromatic carbocycles. The van der Waals surface area contributed by atoms with Gasteiger partial charge in [0.05, 0.1) is 7.11 Å². The molecule has 0 fully saturated rings. The van der Waals surface area contributed by atoms with Gasteiger partial charge in [0.2, 0.25) is 5.91 Å². The summed E-state index contributed by atoms with van der Waals surface area (Å²) < 4.78 is 19.3. The van der Waals surface area contributed by atoms with Gasteiger partial charge < -0.3 is 10.1 Å². The predicted molar refractivity (Wildman–Crippen MR) is 109 cm³/mol. The molecule has 0 saturated heterocycles. The van der Waals surface area contributed by atoms with Gasteiger partial charge in [-0.15, -0.1) is 0 Å². The largest absolute Gasteiger partial charge is 0.497 e. The molecule has 0 aliphatic heterocycles. The van der Waals surface area contributed by atoms with Crippen LogP contribution < -0.4 is 10.1 Å². The summed E-state index contributed by atoms with van der Waals surface area (Å²) in [6.07, 6.45) is 0. The lowest BCUT2D eigenvalue weighted by Crippen LogP contribution is -2.34. The van der Waals surface area contributed by atoms with Gasteiger partial charge in [0.1, 0.15) is 17.6 Å². The number of ether oxygens (including phenoxy) is 1. The Morgan fingerprint density at radius 1 is 1.04 bits per heavy atom. The SMILES string of the molecule is COc1cccc(NC(=O)C(c2ccccc2)N(C)Cc2ccccc2F)c1. The first-order valence-electron chi connectivity index (χ1n) is 9.02. The summed E-state index contributed by atoms with van der Waals surface area (Å²) in [5.74, 6) is 0.182. The van der Waals surface area contributed by atoms with Crippen LogP contribution in [0.3, 0.4) is 0 Å². The minimum Gasteiger partial charge on any atom is -0.497 e. The van der Waals surface area contributed by atoms with E-state index in [4.69, 9.17) is 4.74 Å². The molecular weight excluding hydrogens is 355 g/mol. The van der Waals surface area contributed by atoms with E-state index in [-0.39, 0.29) is 11.7 Å². The third-order valence-electron chi connectivity index (χ3n) is 4.52. The van der Waals surface area contributed by atoms with E-state index in [2.05, 4.69) is 5.32 Å². The Morgan fingerprint density at radius 2 is 1.75 bits per heavy atom. The molecule has 144 valence electrons. The van der Waals surface area contributed by atoms with E-state index in [9.17, 15) is 9.18 Å². The van der Waals surface area contributed by atoms with Crippen molar-refractivity contribution >= 4 is 11.6 Å². The molecule has 28 heavy (non-hydrogen) atoms. The summed E-state index contributed by atoms with van der Waals surface area (Å²) >= 11 is 0. The number of carbonyl (C=O) groups is 1. The van der Waals surface area contributed by atoms with Gasteiger partial charge in [-0.25, -0.2) is 4.39 Å². The number of carbonyl (C=O) groups excluding carboxylic acids is 1. The van der Waals surface area contributed by atoms with Crippen LogP contribution in [0.1, 0.15) is 17.2 Å². The second-order valence-corrected chi connectivity index (χ2v) is 6.54. The summed E-state index contributed by atoms with van der Waals surface area (Å²) in [4.78, 5) is 15.0. The fraction of sp³-hybridized carbons (Fsp3) is 0.174. The fourth-order valence-corrected chi connectivity index (χ4v) is 3.14. The Bertz CT molecular complexity index is 931. The van der Waals surface area contributed by atoms with Gasteiger partial charge >= 0.3 is 0 Å². The van der Waals surface area contributed by atoms with Gasteiger partial charge in [-0.2, -0.15) is 0 Å². The van der Waals surface area contributed by atoms with Gasteiger partial charge in [0.15, 0.2) is 0 Å². The standard InChI is InChI=1S/C23H23FN2O2/c1-26(16-18-11-6-7-14-21(18)24)22(17-9-4-3-5-10-17)23(27)25-19-12-8-13-20(15-19)28-2/h3-15,22H,16H2,1-2H3,(H,25,27). The minimum atomic E-state index is -0.577. The maximum absolute atomic E-state index is 14.1. The number of nitrogens with one attached hydrogen (secondary N) is 1. The first-order valence-corrected chi connectivity index (χ1v) is 9.02. The molecular formula is C23H23FN2O2. The van der Waals surface area contributed by atoms with E-state index in [1.54, 1.807) is 37.4 Å². The number of benzene rings is 3. The van der Waals surface area contributed by atoms with Crippen LogP contribution in [-0.2, 0) is 11.3 Å². The van der Waals surface area contributed by atoms with Crippen molar-refractivity contribution in [2.24, 2.45) is 0 Å². The third kappa shape index (κ3) is 4.75. The average molecular weight is 378 g/mol. The molecule has 0 aliphatic carbocycles. The van der Waals surface area contributed by atoms with Crippen LogP contribution in [0.4, 0.5) is 10.1 Å². The van der Waals surface area contributed by atoms with Crippen molar-refractivity contribution in [3.8, 4) is 5.75 Å². The Hall–Kier alpha value is -3.18. The van der Waals surface area contributed by atoms with E-state index in [1.807, 2.05) is 54.4 Å². The zero-order valence-electron chi connectivity index (χ0n) is 15.9. The molecule has 0 radical (unpaired) electrons. The Kier molecular flexibility index (Phi) is 6.40. The van der Waals surface area contributed by atoms with E-state index < -0.39 is 6.04 Å². The summed E-state index contributed by atoms with van der Waals surface area (Å²) in [6.45, 7) is 0.303. The number of methoxy groups -OCH3 is 1. The number of amides is 1. The van der Waals surface area contributed by atoms with Crippen LogP contribution in [0.15, 0.2) is 78.9 Å². The number of halogens is 1. The monoisotopic (exact) mass is 378 g/mol. The van der Waals surface area contributed by atoms with E-state index >= 15 is 0 Å². The lowest BCUT2D eigenvalue weighted by Gasteiger charge is -2.28. The molecule has 5 heteroatoms. The lowest BCUT2D eigenvalue weighted by atomic mass is 10.0. The molecule has 1 N–H and O–H groups in total. The predicted octanol–water partition coefficient (Wildman–Crippen LogP) is 4.65. The van der Waals surface area contributed by atoms with Crippen molar-refractivity contribution in [3.63, 3.8) is 0 Å². The van der Waals surface area contributed by atoms with Crippen LogP contribution in [0.25, 0.3) is 0 Å². The number of hydrogen-bond acceptors (Lipinski definition) is 3. The number of rotatable bonds is 7. The third-order valence-corrected chi connectivity index (χ3v) is 4.52. The van der Waals surface area contributed by atoms with Gasteiger partial charge in [-0.1, -0.05) is 54.6 Å². The second-order valence-electron chi connectivity index (χ2n) is 6.54. The van der Waals surface area contributed by atoms with Crippen molar-refractivity contribution in [2.45, 2.75) is 12.6 Å². The molecule has 0 aromatic heterocycles. The first kappa shape index (κ1) is 19.6. The summed E-state index contributed by atoms with van der Waals surface area (Å²) in [5.41, 5.74) is 2.02. The smallest absolute Gasteiger partial charge is 0.246 e. The zero-order valence-corrected chi connectivity index (χ0v) is 15.9. The number of likely N-dealkylation sites (N-methyl/N-ethyl adjacent to an activating group) is 1. The van der Waals surface area contributed by atoms with E-state index in [1.165, 1.54) is 6.07 Å². The molecule has 0 spiro atoms. The molecule has 4 nitrogen and oxygen atoms in total. The highest BCUT2D eigenvalue weighted by atomic mass is 19.1. The van der Waals surface area contributed by atoms with Crippen LogP contribution >= 0.6 is 0 Å². The fourth-order valence-electron chi connectivity index (χ4n) is 3.14. The number of nitrogens with zero attached hydrogens (tertiary/aromatic N) is 1. The maximum Gasteiger partial charge on any atom is 0.246 e. The molecule has 0 heterocycles. The zero-order chi connectivity index (χ0) is 19.9. The van der Waals surface area contributed by atoms with E-state index in [0.29, 0.717) is 23.5 Å². The molecule has 3 aromatic rings. The summed E-state index contributed by atoms with van der Waals surface area (Å²) in [5, 5.41) is 2.94. The molecule has 1 unspecified atom stereocenters. The van der Waals surface area contributed by atoms with Gasteiger partial charge in [0.25, 0.3) is 0 Å². The highest BCUT2D eigenvalue weighted by molar-refractivity contribution is 5.95. The average Bonchev–Trinajstić information content (AvgIpc) is 2.71. The van der Waals surface area contributed by atoms with Crippen molar-refractivity contribution in [3.05, 3.63) is 95.8 Å². The van der Waals surface area contributed by atoms with Gasteiger partial charge in [-0.3, -0.25) is 9.69 Å². The molecule has 0 saturated carbocycles. The highest BCUT2D eigenvalue weighted by Crippen LogP contribution is 2.25. The second kappa shape index (κ2) is 9.15. The molecule has 0 bridgehead atoms. The molecule has 3 rings (SSSR count). The maximum atomic E-state index is 14.1. The van der Waals surface area contributed by atoms with Crippen molar-refractivity contribution in [1.29, 1.82) is 0 Å². The Morgan fingerprint density at radius 3 is 2.46 bits per heavy atom. The van der Waals surface area contributed by atoms with Crippen LogP contribution in [-0.4, -0.2) is 25.0 Å². The van der Waals surface area contributed by atoms with E-state index in [0.717, 1.165) is 5.56 Å². The lowest BCUT2D eigenvalue weighted by molar-refractivity contribution is -0.121. The van der Waals surface area contributed by atoms with Crippen LogP contribution in [0.2, 0.25) is 0 Å². The Balaban J connectivity index is 1.86. The topological polar surface area (TPSA) is 41.6 Å². The van der Waals surface area contributed by atoms with Gasteiger partial charge in [0, 0.05) is 23.9 Å². The number of hydrogen-bond donors (Lipinski definition) is 1. The normalized spacial score (nSPS) is 11.9. The Labute approximate surface area is 164 Å². The molecule has 1 amide bonds. The summed E-state index contributed by atoms with van der Waals surface area (Å²) in [7, 11) is 3.39. The van der Waals surface area contributed by atoms with Crippen molar-refractivity contribution in [2.75, 3.05) is 19.5 Å². The highest BCUT2D eigenvalue weighted by Gasteiger charge is 2.26. The number of anilines is 1. The quantitative estimate of drug-likeness (QED) is 0.651.